The molecule has 4 nitrogen and oxygen atoms in total. The number of amides is 1. The van der Waals surface area contributed by atoms with E-state index in [-0.39, 0.29) is 5.91 Å². The van der Waals surface area contributed by atoms with Crippen LogP contribution in [0.1, 0.15) is 15.9 Å². The molecule has 0 heterocycles. The number of hydrogen-bond acceptors (Lipinski definition) is 3. The minimum Gasteiger partial charge on any atom is -0.496 e. The predicted octanol–water partition coefficient (Wildman–Crippen LogP) is 3.89. The fourth-order valence-electron chi connectivity index (χ4n) is 1.78. The molecule has 22 heavy (non-hydrogen) atoms. The Morgan fingerprint density at radius 2 is 2.00 bits per heavy atom. The molecule has 0 saturated heterocycles. The SMILES string of the molecule is COc1ccc(Br)cc1C(=O)NN=C/C=C/c1ccccc1. The third-order valence-corrected chi connectivity index (χ3v) is 3.31. The van der Waals surface area contributed by atoms with Crippen LogP contribution in [0, 0.1) is 0 Å². The monoisotopic (exact) mass is 358 g/mol. The lowest BCUT2D eigenvalue weighted by Crippen LogP contribution is -2.18. The van der Waals surface area contributed by atoms with E-state index in [1.807, 2.05) is 42.5 Å². The molecule has 0 saturated carbocycles. The van der Waals surface area contributed by atoms with Crippen LogP contribution in [-0.2, 0) is 0 Å². The van der Waals surface area contributed by atoms with Crippen LogP contribution in [0.4, 0.5) is 0 Å². The Labute approximate surface area is 137 Å². The highest BCUT2D eigenvalue weighted by atomic mass is 79.9. The van der Waals surface area contributed by atoms with Gasteiger partial charge in [0.25, 0.3) is 5.91 Å². The molecule has 0 atom stereocenters. The number of ether oxygens (including phenoxy) is 1. The minimum atomic E-state index is -0.331. The van der Waals surface area contributed by atoms with Gasteiger partial charge in [0.1, 0.15) is 5.75 Å². The predicted molar refractivity (Wildman–Crippen MR) is 92.1 cm³/mol. The van der Waals surface area contributed by atoms with E-state index in [1.54, 1.807) is 18.2 Å². The second-order valence-electron chi connectivity index (χ2n) is 4.33. The Morgan fingerprint density at radius 3 is 2.73 bits per heavy atom. The maximum Gasteiger partial charge on any atom is 0.275 e. The summed E-state index contributed by atoms with van der Waals surface area (Å²) < 4.78 is 5.96. The van der Waals surface area contributed by atoms with Gasteiger partial charge in [0, 0.05) is 10.7 Å². The normalized spacial score (nSPS) is 11.0. The van der Waals surface area contributed by atoms with Crippen molar-refractivity contribution in [3.8, 4) is 5.75 Å². The summed E-state index contributed by atoms with van der Waals surface area (Å²) in [5, 5.41) is 3.89. The van der Waals surface area contributed by atoms with E-state index < -0.39 is 0 Å². The number of hydrazone groups is 1. The quantitative estimate of drug-likeness (QED) is 0.651. The van der Waals surface area contributed by atoms with E-state index in [0.29, 0.717) is 11.3 Å². The number of methoxy groups -OCH3 is 1. The highest BCUT2D eigenvalue weighted by molar-refractivity contribution is 9.10. The molecular formula is C17H15BrN2O2. The van der Waals surface area contributed by atoms with Crippen molar-refractivity contribution >= 4 is 34.1 Å². The van der Waals surface area contributed by atoms with Gasteiger partial charge in [-0.2, -0.15) is 5.10 Å². The van der Waals surface area contributed by atoms with E-state index in [1.165, 1.54) is 13.3 Å². The Bertz CT molecular complexity index is 697. The maximum atomic E-state index is 12.1. The molecule has 0 spiro atoms. The Balaban J connectivity index is 1.97. The minimum absolute atomic E-state index is 0.331. The molecular weight excluding hydrogens is 344 g/mol. The lowest BCUT2D eigenvalue weighted by Gasteiger charge is -2.07. The first-order valence-electron chi connectivity index (χ1n) is 6.59. The fraction of sp³-hybridized carbons (Fsp3) is 0.0588. The molecule has 0 aromatic heterocycles. The Hall–Kier alpha value is -2.40. The lowest BCUT2D eigenvalue weighted by molar-refractivity contribution is 0.0952. The molecule has 2 aromatic rings. The molecule has 112 valence electrons. The molecule has 2 aromatic carbocycles. The number of carbonyl (C=O) groups is 1. The molecule has 0 bridgehead atoms. The van der Waals surface area contributed by atoms with Gasteiger partial charge in [0.2, 0.25) is 0 Å². The lowest BCUT2D eigenvalue weighted by atomic mass is 10.2. The first kappa shape index (κ1) is 16.0. The van der Waals surface area contributed by atoms with E-state index in [2.05, 4.69) is 26.5 Å². The van der Waals surface area contributed by atoms with Crippen LogP contribution in [-0.4, -0.2) is 19.2 Å². The standard InChI is InChI=1S/C17H15BrN2O2/c1-22-16-10-9-14(18)12-15(16)17(21)20-19-11-5-8-13-6-3-2-4-7-13/h2-12H,1H3,(H,20,21)/b8-5+,19-11?. The van der Waals surface area contributed by atoms with Crippen LogP contribution < -0.4 is 10.2 Å². The second kappa shape index (κ2) is 8.14. The maximum absolute atomic E-state index is 12.1. The summed E-state index contributed by atoms with van der Waals surface area (Å²) in [4.78, 5) is 12.1. The average molecular weight is 359 g/mol. The van der Waals surface area contributed by atoms with Crippen LogP contribution in [0.2, 0.25) is 0 Å². The number of nitrogens with zero attached hydrogens (tertiary/aromatic N) is 1. The van der Waals surface area contributed by atoms with Crippen molar-refractivity contribution < 1.29 is 9.53 Å². The van der Waals surface area contributed by atoms with Gasteiger partial charge < -0.3 is 4.74 Å². The van der Waals surface area contributed by atoms with Crippen molar-refractivity contribution in [1.29, 1.82) is 0 Å². The van der Waals surface area contributed by atoms with Gasteiger partial charge in [0.05, 0.1) is 12.7 Å². The van der Waals surface area contributed by atoms with Gasteiger partial charge >= 0.3 is 0 Å². The third kappa shape index (κ3) is 4.56. The molecule has 0 radical (unpaired) electrons. The number of hydrogen-bond donors (Lipinski definition) is 1. The molecule has 1 N–H and O–H groups in total. The van der Waals surface area contributed by atoms with Gasteiger partial charge in [-0.25, -0.2) is 5.43 Å². The first-order valence-corrected chi connectivity index (χ1v) is 7.38. The number of halogens is 1. The van der Waals surface area contributed by atoms with Crippen molar-refractivity contribution in [2.24, 2.45) is 5.10 Å². The van der Waals surface area contributed by atoms with Crippen molar-refractivity contribution in [3.05, 3.63) is 70.2 Å². The van der Waals surface area contributed by atoms with Crippen LogP contribution >= 0.6 is 15.9 Å². The van der Waals surface area contributed by atoms with E-state index in [9.17, 15) is 4.79 Å². The summed E-state index contributed by atoms with van der Waals surface area (Å²) in [6.45, 7) is 0. The summed E-state index contributed by atoms with van der Waals surface area (Å²) in [7, 11) is 1.52. The molecule has 1 amide bonds. The van der Waals surface area contributed by atoms with Crippen LogP contribution in [0.15, 0.2) is 64.2 Å². The number of nitrogens with one attached hydrogen (secondary N) is 1. The van der Waals surface area contributed by atoms with Gasteiger partial charge in [0.15, 0.2) is 0 Å². The van der Waals surface area contributed by atoms with Gasteiger partial charge in [-0.05, 0) is 29.8 Å². The molecule has 0 aliphatic heterocycles. The zero-order valence-electron chi connectivity index (χ0n) is 12.0. The summed E-state index contributed by atoms with van der Waals surface area (Å²) in [6.07, 6.45) is 5.18. The fourth-order valence-corrected chi connectivity index (χ4v) is 2.14. The van der Waals surface area contributed by atoms with Crippen LogP contribution in [0.5, 0.6) is 5.75 Å². The molecule has 0 fully saturated rings. The first-order chi connectivity index (χ1) is 10.7. The Morgan fingerprint density at radius 1 is 1.23 bits per heavy atom. The summed E-state index contributed by atoms with van der Waals surface area (Å²) >= 11 is 3.33. The summed E-state index contributed by atoms with van der Waals surface area (Å²) in [6, 6.07) is 15.0. The van der Waals surface area contributed by atoms with E-state index in [0.717, 1.165) is 10.0 Å². The molecule has 5 heteroatoms. The summed E-state index contributed by atoms with van der Waals surface area (Å²) in [5.74, 6) is 0.165. The zero-order chi connectivity index (χ0) is 15.8. The number of allylic oxidation sites excluding steroid dienone is 1. The van der Waals surface area contributed by atoms with Gasteiger partial charge in [-0.1, -0.05) is 52.3 Å². The van der Waals surface area contributed by atoms with Crippen molar-refractivity contribution in [2.45, 2.75) is 0 Å². The second-order valence-corrected chi connectivity index (χ2v) is 5.25. The topological polar surface area (TPSA) is 50.7 Å². The average Bonchev–Trinajstić information content (AvgIpc) is 2.55. The molecule has 0 unspecified atom stereocenters. The highest BCUT2D eigenvalue weighted by Gasteiger charge is 2.11. The van der Waals surface area contributed by atoms with Gasteiger partial charge in [-0.3, -0.25) is 4.79 Å². The van der Waals surface area contributed by atoms with E-state index in [4.69, 9.17) is 4.74 Å². The number of benzene rings is 2. The highest BCUT2D eigenvalue weighted by Crippen LogP contribution is 2.22. The van der Waals surface area contributed by atoms with Crippen molar-refractivity contribution in [3.63, 3.8) is 0 Å². The molecule has 0 aliphatic rings. The van der Waals surface area contributed by atoms with E-state index >= 15 is 0 Å². The number of carbonyl (C=O) groups excluding carboxylic acids is 1. The largest absolute Gasteiger partial charge is 0.496 e. The van der Waals surface area contributed by atoms with Crippen LogP contribution in [0.25, 0.3) is 6.08 Å². The van der Waals surface area contributed by atoms with Crippen LogP contribution in [0.3, 0.4) is 0 Å². The van der Waals surface area contributed by atoms with Crippen molar-refractivity contribution in [1.82, 2.24) is 5.43 Å². The zero-order valence-corrected chi connectivity index (χ0v) is 13.6. The smallest absolute Gasteiger partial charge is 0.275 e. The third-order valence-electron chi connectivity index (χ3n) is 2.82. The summed E-state index contributed by atoms with van der Waals surface area (Å²) in [5.41, 5.74) is 3.95. The van der Waals surface area contributed by atoms with Crippen molar-refractivity contribution in [2.75, 3.05) is 7.11 Å². The molecule has 2 rings (SSSR count). The van der Waals surface area contributed by atoms with Gasteiger partial charge in [-0.15, -0.1) is 0 Å². The number of rotatable bonds is 5. The Kier molecular flexibility index (Phi) is 5.91. The molecule has 0 aliphatic carbocycles.